The number of aryl methyl sites for hydroxylation is 1. The number of nitrogens with zero attached hydrogens (tertiary/aromatic N) is 1. The van der Waals surface area contributed by atoms with E-state index in [0.29, 0.717) is 27.6 Å². The molecule has 2 aromatic rings. The van der Waals surface area contributed by atoms with Gasteiger partial charge in [-0.25, -0.2) is 4.21 Å². The number of hydrogen-bond acceptors (Lipinski definition) is 3. The smallest absolute Gasteiger partial charge is 0.251 e. The first-order valence-corrected chi connectivity index (χ1v) is 10.0. The molecule has 0 aromatic heterocycles. The van der Waals surface area contributed by atoms with E-state index < -0.39 is 9.71 Å². The van der Waals surface area contributed by atoms with Crippen molar-refractivity contribution in [2.75, 3.05) is 12.4 Å². The number of rotatable bonds is 6. The van der Waals surface area contributed by atoms with Crippen LogP contribution in [0.1, 0.15) is 19.4 Å². The quantitative estimate of drug-likeness (QED) is 0.464. The van der Waals surface area contributed by atoms with E-state index in [1.165, 1.54) is 0 Å². The molecule has 1 atom stereocenters. The number of ether oxygens (including phenoxy) is 1. The fourth-order valence-electron chi connectivity index (χ4n) is 2.49. The number of benzene rings is 2. The van der Waals surface area contributed by atoms with Gasteiger partial charge in [-0.15, -0.1) is 0 Å². The molecule has 0 aliphatic heterocycles. The number of methoxy groups -OCH3 is 1. The summed E-state index contributed by atoms with van der Waals surface area (Å²) in [6.07, 6.45) is 1.60. The summed E-state index contributed by atoms with van der Waals surface area (Å²) in [5.41, 5.74) is 2.43. The van der Waals surface area contributed by atoms with Crippen molar-refractivity contribution in [2.24, 2.45) is 4.40 Å². The molecule has 0 heterocycles. The second-order valence-electron chi connectivity index (χ2n) is 6.15. The molecule has 0 fully saturated rings. The normalized spacial score (nSPS) is 14.4. The van der Waals surface area contributed by atoms with Crippen LogP contribution in [0.2, 0.25) is 0 Å². The highest BCUT2D eigenvalue weighted by Crippen LogP contribution is 2.23. The summed E-state index contributed by atoms with van der Waals surface area (Å²) < 4.78 is 22.5. The SMILES string of the molecule is C=S(=O)(N=C(C)/C=C(\C)C(=O)Nc1ccccc1)c1cc(OC)ccc1C. The second kappa shape index (κ2) is 8.68. The zero-order valence-electron chi connectivity index (χ0n) is 16.0. The third-order valence-electron chi connectivity index (χ3n) is 3.85. The van der Waals surface area contributed by atoms with Gasteiger partial charge in [-0.05, 0) is 62.5 Å². The summed E-state index contributed by atoms with van der Waals surface area (Å²) >= 11 is 0. The Labute approximate surface area is 160 Å². The van der Waals surface area contributed by atoms with Gasteiger partial charge in [0.2, 0.25) is 0 Å². The van der Waals surface area contributed by atoms with Gasteiger partial charge in [0.25, 0.3) is 5.91 Å². The zero-order valence-corrected chi connectivity index (χ0v) is 16.8. The number of anilines is 1. The lowest BCUT2D eigenvalue weighted by atomic mass is 10.2. The maximum Gasteiger partial charge on any atom is 0.251 e. The second-order valence-corrected chi connectivity index (χ2v) is 8.06. The Bertz CT molecular complexity index is 991. The summed E-state index contributed by atoms with van der Waals surface area (Å²) in [6.45, 7) is 5.22. The van der Waals surface area contributed by atoms with Crippen LogP contribution in [0.5, 0.6) is 5.75 Å². The van der Waals surface area contributed by atoms with Crippen molar-refractivity contribution in [1.82, 2.24) is 0 Å². The minimum Gasteiger partial charge on any atom is -0.497 e. The molecule has 2 rings (SSSR count). The monoisotopic (exact) mass is 384 g/mol. The van der Waals surface area contributed by atoms with Crippen LogP contribution in [0, 0.1) is 6.92 Å². The number of carbonyl (C=O) groups is 1. The highest BCUT2D eigenvalue weighted by Gasteiger charge is 2.12. The van der Waals surface area contributed by atoms with Gasteiger partial charge in [0, 0.05) is 17.0 Å². The van der Waals surface area contributed by atoms with Gasteiger partial charge in [-0.1, -0.05) is 24.3 Å². The van der Waals surface area contributed by atoms with Crippen LogP contribution in [-0.4, -0.2) is 28.8 Å². The summed E-state index contributed by atoms with van der Waals surface area (Å²) in [6, 6.07) is 14.5. The Morgan fingerprint density at radius 1 is 1.19 bits per heavy atom. The van der Waals surface area contributed by atoms with E-state index in [4.69, 9.17) is 4.74 Å². The first-order chi connectivity index (χ1) is 12.7. The van der Waals surface area contributed by atoms with Gasteiger partial charge in [-0.2, -0.15) is 4.40 Å². The fourth-order valence-corrected chi connectivity index (χ4v) is 3.98. The molecule has 142 valence electrons. The van der Waals surface area contributed by atoms with Gasteiger partial charge < -0.3 is 10.1 Å². The van der Waals surface area contributed by atoms with Gasteiger partial charge in [-0.3, -0.25) is 4.79 Å². The van der Waals surface area contributed by atoms with E-state index in [9.17, 15) is 9.00 Å². The third kappa shape index (κ3) is 5.56. The minimum absolute atomic E-state index is 0.246. The van der Waals surface area contributed by atoms with E-state index in [2.05, 4.69) is 15.6 Å². The summed E-state index contributed by atoms with van der Waals surface area (Å²) in [5.74, 6) is 4.14. The van der Waals surface area contributed by atoms with Crippen molar-refractivity contribution in [3.8, 4) is 5.75 Å². The molecule has 0 bridgehead atoms. The molecule has 0 aliphatic rings. The molecule has 0 saturated carbocycles. The highest BCUT2D eigenvalue weighted by molar-refractivity contribution is 7.99. The number of para-hydroxylation sites is 1. The van der Waals surface area contributed by atoms with Crippen molar-refractivity contribution in [1.29, 1.82) is 0 Å². The van der Waals surface area contributed by atoms with Crippen LogP contribution in [0.15, 0.2) is 69.5 Å². The number of allylic oxidation sites excluding steroid dienone is 1. The zero-order chi connectivity index (χ0) is 20.0. The topological polar surface area (TPSA) is 67.8 Å². The van der Waals surface area contributed by atoms with Gasteiger partial charge in [0.1, 0.15) is 5.75 Å². The van der Waals surface area contributed by atoms with Crippen LogP contribution in [-0.2, 0) is 14.5 Å². The minimum atomic E-state index is -2.92. The van der Waals surface area contributed by atoms with E-state index in [0.717, 1.165) is 5.56 Å². The van der Waals surface area contributed by atoms with E-state index in [1.807, 2.05) is 31.2 Å². The molecule has 5 nitrogen and oxygen atoms in total. The van der Waals surface area contributed by atoms with Crippen LogP contribution in [0.25, 0.3) is 0 Å². The predicted octanol–water partition coefficient (Wildman–Crippen LogP) is 4.04. The molecule has 2 aromatic carbocycles. The van der Waals surface area contributed by atoms with Gasteiger partial charge in [0.15, 0.2) is 0 Å². The van der Waals surface area contributed by atoms with Gasteiger partial charge in [0.05, 0.1) is 21.7 Å². The maximum atomic E-state index is 13.0. The van der Waals surface area contributed by atoms with Crippen LogP contribution in [0.4, 0.5) is 5.69 Å². The molecule has 1 unspecified atom stereocenters. The number of amides is 1. The molecule has 0 aliphatic carbocycles. The van der Waals surface area contributed by atoms with E-state index in [-0.39, 0.29) is 5.91 Å². The Hall–Kier alpha value is -2.86. The lowest BCUT2D eigenvalue weighted by molar-refractivity contribution is -0.112. The van der Waals surface area contributed by atoms with Crippen LogP contribution >= 0.6 is 0 Å². The van der Waals surface area contributed by atoms with Crippen molar-refractivity contribution < 1.29 is 13.7 Å². The lowest BCUT2D eigenvalue weighted by Crippen LogP contribution is -2.13. The maximum absolute atomic E-state index is 13.0. The van der Waals surface area contributed by atoms with Crippen LogP contribution in [0.3, 0.4) is 0 Å². The summed E-state index contributed by atoms with van der Waals surface area (Å²) in [4.78, 5) is 12.8. The molecule has 1 N–H and O–H groups in total. The van der Waals surface area contributed by atoms with Crippen molar-refractivity contribution in [3.63, 3.8) is 0 Å². The Morgan fingerprint density at radius 2 is 1.85 bits per heavy atom. The predicted molar refractivity (Wildman–Crippen MR) is 113 cm³/mol. The van der Waals surface area contributed by atoms with Crippen molar-refractivity contribution >= 4 is 32.9 Å². The fraction of sp³-hybridized carbons (Fsp3) is 0.190. The molecule has 1 amide bonds. The molecular formula is C21H24N2O3S. The number of carbonyl (C=O) groups excluding carboxylic acids is 1. The standard InChI is InChI=1S/C21H24N2O3S/c1-15-11-12-19(26-4)14-20(15)27(5,25)23-17(3)13-16(2)21(24)22-18-9-7-6-8-10-18/h6-14H,5H2,1-4H3,(H,22,24)/b16-13+,23-17?. The first-order valence-electron chi connectivity index (χ1n) is 8.36. The summed E-state index contributed by atoms with van der Waals surface area (Å²) in [7, 11) is -1.37. The molecule has 6 heteroatoms. The third-order valence-corrected chi connectivity index (χ3v) is 5.56. The average molecular weight is 385 g/mol. The molecular weight excluding hydrogens is 360 g/mol. The van der Waals surface area contributed by atoms with E-state index >= 15 is 0 Å². The average Bonchev–Trinajstić information content (AvgIpc) is 2.62. The van der Waals surface area contributed by atoms with Crippen molar-refractivity contribution in [2.45, 2.75) is 25.7 Å². The first kappa shape index (κ1) is 20.5. The highest BCUT2D eigenvalue weighted by atomic mass is 32.2. The lowest BCUT2D eigenvalue weighted by Gasteiger charge is -2.11. The molecule has 0 radical (unpaired) electrons. The Balaban J connectivity index is 2.24. The Kier molecular flexibility index (Phi) is 6.58. The molecule has 27 heavy (non-hydrogen) atoms. The van der Waals surface area contributed by atoms with Gasteiger partial charge >= 0.3 is 0 Å². The molecule has 0 spiro atoms. The number of hydrogen-bond donors (Lipinski definition) is 1. The Morgan fingerprint density at radius 3 is 2.48 bits per heavy atom. The van der Waals surface area contributed by atoms with Crippen molar-refractivity contribution in [3.05, 3.63) is 65.7 Å². The van der Waals surface area contributed by atoms with Crippen LogP contribution < -0.4 is 10.1 Å². The summed E-state index contributed by atoms with van der Waals surface area (Å²) in [5, 5.41) is 2.80. The largest absolute Gasteiger partial charge is 0.497 e. The molecule has 0 saturated heterocycles. The number of nitrogens with one attached hydrogen (secondary N) is 1. The van der Waals surface area contributed by atoms with E-state index in [1.54, 1.807) is 51.3 Å².